The molecule has 2 N–H and O–H groups in total. The van der Waals surface area contributed by atoms with Crippen LogP contribution >= 0.6 is 11.6 Å². The Labute approximate surface area is 214 Å². The molecule has 0 atom stereocenters. The van der Waals surface area contributed by atoms with Crippen molar-refractivity contribution < 1.29 is 19.4 Å². The van der Waals surface area contributed by atoms with Crippen molar-refractivity contribution >= 4 is 39.9 Å². The molecule has 0 spiro atoms. The maximum Gasteiger partial charge on any atom is 0.158 e. The maximum absolute atomic E-state index is 8.90. The molecule has 4 rings (SSSR count). The van der Waals surface area contributed by atoms with Crippen molar-refractivity contribution in [3.8, 4) is 11.5 Å². The summed E-state index contributed by atoms with van der Waals surface area (Å²) in [7, 11) is 0. The second-order valence-electron chi connectivity index (χ2n) is 7.80. The van der Waals surface area contributed by atoms with Crippen molar-refractivity contribution in [1.82, 2.24) is 14.5 Å². The molecule has 0 aliphatic carbocycles. The van der Waals surface area contributed by atoms with Crippen LogP contribution in [0.4, 0.5) is 11.5 Å². The van der Waals surface area contributed by atoms with Gasteiger partial charge in [0.1, 0.15) is 29.9 Å². The van der Waals surface area contributed by atoms with Crippen LogP contribution in [0.25, 0.3) is 11.0 Å². The lowest BCUT2D eigenvalue weighted by Gasteiger charge is -2.13. The molecule has 4 aromatic rings. The maximum atomic E-state index is 8.90. The van der Waals surface area contributed by atoms with E-state index in [1.165, 1.54) is 6.33 Å². The average molecular weight is 510 g/mol. The molecule has 0 amide bonds. The number of aliphatic hydroxyl groups is 1. The van der Waals surface area contributed by atoms with Gasteiger partial charge >= 0.3 is 0 Å². The predicted octanol–water partition coefficient (Wildman–Crippen LogP) is 5.39. The first-order valence-electron chi connectivity index (χ1n) is 11.6. The summed E-state index contributed by atoms with van der Waals surface area (Å²) in [6, 6.07) is 15.0. The van der Waals surface area contributed by atoms with Crippen LogP contribution in [0.2, 0.25) is 5.02 Å². The number of anilines is 2. The van der Waals surface area contributed by atoms with Gasteiger partial charge < -0.3 is 29.3 Å². The third kappa shape index (κ3) is 6.31. The van der Waals surface area contributed by atoms with E-state index in [-0.39, 0.29) is 6.61 Å². The molecule has 0 aliphatic rings. The first-order chi connectivity index (χ1) is 17.6. The SMILES string of the molecule is CCO/N=C(/C)c1cccc(Oc2ccc(Nc3ncnc4ccn(CCOCCO)c34)cc2Cl)c1. The zero-order valence-electron chi connectivity index (χ0n) is 20.1. The largest absolute Gasteiger partial charge is 0.456 e. The number of nitrogens with one attached hydrogen (secondary N) is 1. The monoisotopic (exact) mass is 509 g/mol. The second-order valence-corrected chi connectivity index (χ2v) is 8.20. The van der Waals surface area contributed by atoms with E-state index in [1.54, 1.807) is 12.1 Å². The molecule has 0 aliphatic heterocycles. The third-order valence-corrected chi connectivity index (χ3v) is 5.56. The van der Waals surface area contributed by atoms with Crippen LogP contribution in [-0.4, -0.2) is 51.8 Å². The van der Waals surface area contributed by atoms with Crippen molar-refractivity contribution in [1.29, 1.82) is 0 Å². The van der Waals surface area contributed by atoms with Crippen LogP contribution < -0.4 is 10.1 Å². The van der Waals surface area contributed by atoms with Gasteiger partial charge in [0.2, 0.25) is 0 Å². The number of halogens is 1. The lowest BCUT2D eigenvalue weighted by molar-refractivity contribution is 0.0875. The number of nitrogens with zero attached hydrogens (tertiary/aromatic N) is 4. The number of aromatic nitrogens is 3. The van der Waals surface area contributed by atoms with Gasteiger partial charge in [-0.1, -0.05) is 28.9 Å². The molecule has 0 saturated carbocycles. The van der Waals surface area contributed by atoms with Crippen molar-refractivity contribution in [2.45, 2.75) is 20.4 Å². The average Bonchev–Trinajstić information content (AvgIpc) is 3.31. The second kappa shape index (κ2) is 12.3. The van der Waals surface area contributed by atoms with Gasteiger partial charge in [0.05, 0.1) is 36.1 Å². The number of ether oxygens (including phenoxy) is 2. The van der Waals surface area contributed by atoms with Crippen LogP contribution in [0.1, 0.15) is 19.4 Å². The van der Waals surface area contributed by atoms with E-state index >= 15 is 0 Å². The van der Waals surface area contributed by atoms with E-state index in [9.17, 15) is 0 Å². The summed E-state index contributed by atoms with van der Waals surface area (Å²) in [5, 5.41) is 16.8. The summed E-state index contributed by atoms with van der Waals surface area (Å²) in [4.78, 5) is 13.9. The van der Waals surface area contributed by atoms with Gasteiger partial charge in [-0.25, -0.2) is 9.97 Å². The quantitative estimate of drug-likeness (QED) is 0.150. The first kappa shape index (κ1) is 25.4. The van der Waals surface area contributed by atoms with Crippen molar-refractivity contribution in [2.75, 3.05) is 31.7 Å². The Kier molecular flexibility index (Phi) is 8.72. The fraction of sp³-hybridized carbons (Fsp3) is 0.269. The molecule has 9 nitrogen and oxygen atoms in total. The van der Waals surface area contributed by atoms with Gasteiger partial charge in [-0.2, -0.15) is 0 Å². The molecular weight excluding hydrogens is 482 g/mol. The highest BCUT2D eigenvalue weighted by atomic mass is 35.5. The summed E-state index contributed by atoms with van der Waals surface area (Å²) >= 11 is 6.56. The Morgan fingerprint density at radius 1 is 1.14 bits per heavy atom. The van der Waals surface area contributed by atoms with Crippen molar-refractivity contribution in [3.63, 3.8) is 0 Å². The molecule has 10 heteroatoms. The summed E-state index contributed by atoms with van der Waals surface area (Å²) < 4.78 is 13.4. The highest BCUT2D eigenvalue weighted by molar-refractivity contribution is 6.32. The van der Waals surface area contributed by atoms with Crippen LogP contribution in [0.3, 0.4) is 0 Å². The smallest absolute Gasteiger partial charge is 0.158 e. The van der Waals surface area contributed by atoms with E-state index in [0.29, 0.717) is 48.7 Å². The van der Waals surface area contributed by atoms with E-state index in [2.05, 4.69) is 20.4 Å². The number of benzene rings is 2. The summed E-state index contributed by atoms with van der Waals surface area (Å²) in [5.74, 6) is 1.81. The lowest BCUT2D eigenvalue weighted by atomic mass is 10.1. The van der Waals surface area contributed by atoms with Crippen molar-refractivity contribution in [3.05, 3.63) is 71.6 Å². The van der Waals surface area contributed by atoms with Gasteiger partial charge in [0, 0.05) is 24.0 Å². The topological polar surface area (TPSA) is 103 Å². The Balaban J connectivity index is 1.50. The van der Waals surface area contributed by atoms with Gasteiger partial charge in [0.15, 0.2) is 5.82 Å². The lowest BCUT2D eigenvalue weighted by Crippen LogP contribution is -2.09. The Morgan fingerprint density at radius 2 is 2.03 bits per heavy atom. The highest BCUT2D eigenvalue weighted by Crippen LogP contribution is 2.33. The van der Waals surface area contributed by atoms with E-state index in [1.807, 2.05) is 61.0 Å². The zero-order valence-corrected chi connectivity index (χ0v) is 20.9. The van der Waals surface area contributed by atoms with Crippen LogP contribution in [0.15, 0.2) is 66.2 Å². The molecule has 2 heterocycles. The van der Waals surface area contributed by atoms with Gasteiger partial charge in [-0.05, 0) is 50.2 Å². The molecule has 2 aromatic heterocycles. The molecule has 36 heavy (non-hydrogen) atoms. The fourth-order valence-corrected chi connectivity index (χ4v) is 3.78. The molecule has 0 bridgehead atoms. The Hall–Kier alpha value is -3.66. The van der Waals surface area contributed by atoms with E-state index in [4.69, 9.17) is 31.0 Å². The molecule has 188 valence electrons. The summed E-state index contributed by atoms with van der Waals surface area (Å²) in [6.07, 6.45) is 3.45. The zero-order chi connectivity index (χ0) is 25.3. The fourth-order valence-electron chi connectivity index (χ4n) is 3.56. The van der Waals surface area contributed by atoms with Crippen molar-refractivity contribution in [2.24, 2.45) is 5.16 Å². The summed E-state index contributed by atoms with van der Waals surface area (Å²) in [6.45, 7) is 5.65. The summed E-state index contributed by atoms with van der Waals surface area (Å²) in [5.41, 5.74) is 4.07. The number of hydrogen-bond donors (Lipinski definition) is 2. The molecule has 0 saturated heterocycles. The molecule has 0 fully saturated rings. The number of hydrogen-bond acceptors (Lipinski definition) is 8. The normalized spacial score (nSPS) is 11.6. The van der Waals surface area contributed by atoms with E-state index in [0.717, 1.165) is 28.0 Å². The number of oxime groups is 1. The standard InChI is InChI=1S/C26H28ClN5O4/c1-3-35-31-18(2)19-5-4-6-21(15-19)36-24-8-7-20(16-22(24)27)30-26-25-23(28-17-29-26)9-10-32(25)11-13-34-14-12-33/h4-10,15-17,33H,3,11-14H2,1-2H3,(H,28,29,30)/b31-18-. The first-order valence-corrected chi connectivity index (χ1v) is 12.0. The Morgan fingerprint density at radius 3 is 2.83 bits per heavy atom. The number of aliphatic hydroxyl groups excluding tert-OH is 1. The number of fused-ring (bicyclic) bond motifs is 1. The molecular formula is C26H28ClN5O4. The van der Waals surface area contributed by atoms with Gasteiger partial charge in [-0.15, -0.1) is 0 Å². The van der Waals surface area contributed by atoms with Gasteiger partial charge in [-0.3, -0.25) is 0 Å². The number of rotatable bonds is 12. The highest BCUT2D eigenvalue weighted by Gasteiger charge is 2.12. The predicted molar refractivity (Wildman–Crippen MR) is 141 cm³/mol. The third-order valence-electron chi connectivity index (χ3n) is 5.27. The molecule has 0 radical (unpaired) electrons. The van der Waals surface area contributed by atoms with E-state index < -0.39 is 0 Å². The van der Waals surface area contributed by atoms with Crippen LogP contribution in [0.5, 0.6) is 11.5 Å². The Bertz CT molecular complexity index is 1340. The minimum Gasteiger partial charge on any atom is -0.456 e. The van der Waals surface area contributed by atoms with Gasteiger partial charge in [0.25, 0.3) is 0 Å². The van der Waals surface area contributed by atoms with Crippen LogP contribution in [-0.2, 0) is 16.1 Å². The molecule has 0 unspecified atom stereocenters. The minimum absolute atomic E-state index is 0.00391. The molecule has 2 aromatic carbocycles. The van der Waals surface area contributed by atoms with Crippen LogP contribution in [0, 0.1) is 0 Å². The minimum atomic E-state index is -0.00391.